The second kappa shape index (κ2) is 7.05. The molecule has 0 unspecified atom stereocenters. The number of aryl methyl sites for hydroxylation is 2. The van der Waals surface area contributed by atoms with Crippen molar-refractivity contribution >= 4 is 27.3 Å². The quantitative estimate of drug-likeness (QED) is 0.905. The first-order valence-electron chi connectivity index (χ1n) is 7.62. The number of anilines is 2. The standard InChI is InChI=1S/C18H22N2O3S/c1-13-10-11-14(2)17(12-13)20(24(4,22)23)15(3)18(21)19-16-8-6-5-7-9-16/h5-12,15H,1-4H3,(H,19,21)/t15-/m0/s1. The summed E-state index contributed by atoms with van der Waals surface area (Å²) in [4.78, 5) is 12.6. The molecule has 1 amide bonds. The topological polar surface area (TPSA) is 66.5 Å². The fourth-order valence-corrected chi connectivity index (χ4v) is 3.73. The lowest BCUT2D eigenvalue weighted by Crippen LogP contribution is -2.45. The van der Waals surface area contributed by atoms with Crippen LogP contribution in [0.3, 0.4) is 0 Å². The molecule has 0 heterocycles. The summed E-state index contributed by atoms with van der Waals surface area (Å²) in [6, 6.07) is 13.6. The Morgan fingerprint density at radius 1 is 1.08 bits per heavy atom. The summed E-state index contributed by atoms with van der Waals surface area (Å²) >= 11 is 0. The Kier molecular flexibility index (Phi) is 5.29. The third-order valence-electron chi connectivity index (χ3n) is 3.73. The summed E-state index contributed by atoms with van der Waals surface area (Å²) in [5, 5.41) is 2.75. The lowest BCUT2D eigenvalue weighted by molar-refractivity contribution is -0.116. The van der Waals surface area contributed by atoms with Crippen LogP contribution in [0.15, 0.2) is 48.5 Å². The van der Waals surface area contributed by atoms with Crippen LogP contribution in [0.25, 0.3) is 0 Å². The minimum absolute atomic E-state index is 0.382. The van der Waals surface area contributed by atoms with Gasteiger partial charge >= 0.3 is 0 Å². The molecule has 2 aromatic rings. The molecular formula is C18H22N2O3S. The highest BCUT2D eigenvalue weighted by atomic mass is 32.2. The highest BCUT2D eigenvalue weighted by Crippen LogP contribution is 2.26. The molecule has 0 radical (unpaired) electrons. The predicted octanol–water partition coefficient (Wildman–Crippen LogP) is 3.10. The maximum atomic E-state index is 12.6. The van der Waals surface area contributed by atoms with E-state index in [9.17, 15) is 13.2 Å². The van der Waals surface area contributed by atoms with E-state index in [4.69, 9.17) is 0 Å². The van der Waals surface area contributed by atoms with Gasteiger partial charge in [0.05, 0.1) is 11.9 Å². The van der Waals surface area contributed by atoms with Gasteiger partial charge in [0, 0.05) is 5.69 Å². The fraction of sp³-hybridized carbons (Fsp3) is 0.278. The fourth-order valence-electron chi connectivity index (χ4n) is 2.51. The maximum Gasteiger partial charge on any atom is 0.247 e. The van der Waals surface area contributed by atoms with Gasteiger partial charge in [-0.05, 0) is 50.1 Å². The van der Waals surface area contributed by atoms with E-state index in [1.165, 1.54) is 4.31 Å². The molecule has 1 atom stereocenters. The van der Waals surface area contributed by atoms with Crippen molar-refractivity contribution in [2.45, 2.75) is 26.8 Å². The number of hydrogen-bond acceptors (Lipinski definition) is 3. The number of para-hydroxylation sites is 1. The minimum atomic E-state index is -3.62. The summed E-state index contributed by atoms with van der Waals surface area (Å²) in [5.74, 6) is -0.382. The van der Waals surface area contributed by atoms with E-state index < -0.39 is 16.1 Å². The molecule has 0 aliphatic heterocycles. The summed E-state index contributed by atoms with van der Waals surface area (Å²) in [5.41, 5.74) is 2.88. The predicted molar refractivity (Wildman–Crippen MR) is 97.8 cm³/mol. The first-order chi connectivity index (χ1) is 11.2. The molecule has 2 aromatic carbocycles. The van der Waals surface area contributed by atoms with Gasteiger partial charge in [-0.2, -0.15) is 0 Å². The van der Waals surface area contributed by atoms with E-state index >= 15 is 0 Å². The molecule has 0 spiro atoms. The molecule has 0 aliphatic rings. The van der Waals surface area contributed by atoms with E-state index in [1.807, 2.05) is 32.0 Å². The zero-order valence-corrected chi connectivity index (χ0v) is 15.1. The average Bonchev–Trinajstić information content (AvgIpc) is 2.50. The van der Waals surface area contributed by atoms with Gasteiger partial charge in [0.2, 0.25) is 15.9 Å². The monoisotopic (exact) mass is 346 g/mol. The second-order valence-corrected chi connectivity index (χ2v) is 7.74. The Morgan fingerprint density at radius 3 is 2.29 bits per heavy atom. The molecule has 2 rings (SSSR count). The molecule has 1 N–H and O–H groups in total. The molecule has 0 fully saturated rings. The van der Waals surface area contributed by atoms with Gasteiger partial charge in [0.1, 0.15) is 6.04 Å². The third-order valence-corrected chi connectivity index (χ3v) is 4.96. The van der Waals surface area contributed by atoms with Crippen molar-refractivity contribution in [2.24, 2.45) is 0 Å². The molecule has 128 valence electrons. The van der Waals surface area contributed by atoms with Crippen LogP contribution in [-0.2, 0) is 14.8 Å². The van der Waals surface area contributed by atoms with Gasteiger partial charge in [0.25, 0.3) is 0 Å². The Balaban J connectivity index is 2.38. The van der Waals surface area contributed by atoms with E-state index in [1.54, 1.807) is 37.3 Å². The largest absolute Gasteiger partial charge is 0.324 e. The molecule has 0 saturated heterocycles. The van der Waals surface area contributed by atoms with Crippen molar-refractivity contribution in [3.05, 3.63) is 59.7 Å². The lowest BCUT2D eigenvalue weighted by atomic mass is 10.1. The zero-order valence-electron chi connectivity index (χ0n) is 14.3. The molecule has 24 heavy (non-hydrogen) atoms. The van der Waals surface area contributed by atoms with Crippen LogP contribution in [0, 0.1) is 13.8 Å². The highest BCUT2D eigenvalue weighted by molar-refractivity contribution is 7.92. The number of sulfonamides is 1. The van der Waals surface area contributed by atoms with E-state index in [2.05, 4.69) is 5.32 Å². The normalized spacial score (nSPS) is 12.5. The van der Waals surface area contributed by atoms with Crippen LogP contribution in [0.4, 0.5) is 11.4 Å². The van der Waals surface area contributed by atoms with Crippen LogP contribution in [0.5, 0.6) is 0 Å². The summed E-state index contributed by atoms with van der Waals surface area (Å²) < 4.78 is 25.9. The van der Waals surface area contributed by atoms with Gasteiger partial charge < -0.3 is 5.32 Å². The summed E-state index contributed by atoms with van der Waals surface area (Å²) in [6.45, 7) is 5.30. The first-order valence-corrected chi connectivity index (χ1v) is 9.47. The zero-order chi connectivity index (χ0) is 17.9. The number of rotatable bonds is 5. The van der Waals surface area contributed by atoms with Crippen LogP contribution in [0.1, 0.15) is 18.1 Å². The van der Waals surface area contributed by atoms with Gasteiger partial charge in [-0.3, -0.25) is 9.10 Å². The van der Waals surface area contributed by atoms with Crippen molar-refractivity contribution < 1.29 is 13.2 Å². The molecular weight excluding hydrogens is 324 g/mol. The Morgan fingerprint density at radius 2 is 1.71 bits per heavy atom. The van der Waals surface area contributed by atoms with E-state index in [0.717, 1.165) is 17.4 Å². The lowest BCUT2D eigenvalue weighted by Gasteiger charge is -2.29. The van der Waals surface area contributed by atoms with Gasteiger partial charge in [-0.15, -0.1) is 0 Å². The van der Waals surface area contributed by atoms with Crippen LogP contribution in [-0.4, -0.2) is 26.6 Å². The first kappa shape index (κ1) is 18.0. The van der Waals surface area contributed by atoms with Crippen LogP contribution < -0.4 is 9.62 Å². The van der Waals surface area contributed by atoms with Crippen molar-refractivity contribution in [1.29, 1.82) is 0 Å². The molecule has 0 saturated carbocycles. The average molecular weight is 346 g/mol. The van der Waals surface area contributed by atoms with Gasteiger partial charge in [-0.1, -0.05) is 30.3 Å². The Bertz CT molecular complexity index is 833. The van der Waals surface area contributed by atoms with Crippen molar-refractivity contribution in [3.8, 4) is 0 Å². The Labute approximate surface area is 143 Å². The highest BCUT2D eigenvalue weighted by Gasteiger charge is 2.30. The summed E-state index contributed by atoms with van der Waals surface area (Å²) in [6.07, 6.45) is 1.11. The van der Waals surface area contributed by atoms with Gasteiger partial charge in [0.15, 0.2) is 0 Å². The summed E-state index contributed by atoms with van der Waals surface area (Å²) in [7, 11) is -3.62. The van der Waals surface area contributed by atoms with Crippen molar-refractivity contribution in [2.75, 3.05) is 15.9 Å². The second-order valence-electron chi connectivity index (χ2n) is 5.88. The van der Waals surface area contributed by atoms with E-state index in [0.29, 0.717) is 11.4 Å². The minimum Gasteiger partial charge on any atom is -0.324 e. The van der Waals surface area contributed by atoms with Crippen molar-refractivity contribution in [1.82, 2.24) is 0 Å². The molecule has 5 nitrogen and oxygen atoms in total. The SMILES string of the molecule is Cc1ccc(C)c(N([C@@H](C)C(=O)Nc2ccccc2)S(C)(=O)=O)c1. The third kappa shape index (κ3) is 4.14. The number of nitrogens with one attached hydrogen (secondary N) is 1. The number of hydrogen-bond donors (Lipinski definition) is 1. The number of benzene rings is 2. The smallest absolute Gasteiger partial charge is 0.247 e. The molecule has 0 bridgehead atoms. The molecule has 0 aliphatic carbocycles. The van der Waals surface area contributed by atoms with Crippen LogP contribution >= 0.6 is 0 Å². The maximum absolute atomic E-state index is 12.6. The number of carbonyl (C=O) groups is 1. The van der Waals surface area contributed by atoms with Gasteiger partial charge in [-0.25, -0.2) is 8.42 Å². The number of carbonyl (C=O) groups excluding carboxylic acids is 1. The van der Waals surface area contributed by atoms with E-state index in [-0.39, 0.29) is 5.91 Å². The molecule has 6 heteroatoms. The molecule has 0 aromatic heterocycles. The number of nitrogens with zero attached hydrogens (tertiary/aromatic N) is 1. The Hall–Kier alpha value is -2.34. The van der Waals surface area contributed by atoms with Crippen LogP contribution in [0.2, 0.25) is 0 Å². The van der Waals surface area contributed by atoms with Crippen molar-refractivity contribution in [3.63, 3.8) is 0 Å². The number of amides is 1.